The zero-order chi connectivity index (χ0) is 15.6. The Morgan fingerprint density at radius 3 is 2.38 bits per heavy atom. The van der Waals surface area contributed by atoms with E-state index in [-0.39, 0.29) is 16.1 Å². The maximum absolute atomic E-state index is 13.3. The normalized spacial score (nSPS) is 13.0. The van der Waals surface area contributed by atoms with Crippen molar-refractivity contribution >= 4 is 11.6 Å². The molecular formula is C14H9ClF4O2. The molecule has 0 saturated heterocycles. The fourth-order valence-electron chi connectivity index (χ4n) is 1.84. The third kappa shape index (κ3) is 4.09. The van der Waals surface area contributed by atoms with E-state index in [0.717, 1.165) is 18.2 Å². The van der Waals surface area contributed by atoms with Crippen LogP contribution in [0.1, 0.15) is 17.2 Å². The van der Waals surface area contributed by atoms with Gasteiger partial charge in [0.25, 0.3) is 0 Å². The van der Waals surface area contributed by atoms with Crippen LogP contribution in [0.4, 0.5) is 17.6 Å². The number of ether oxygens (including phenoxy) is 1. The minimum atomic E-state index is -4.89. The van der Waals surface area contributed by atoms with Crippen molar-refractivity contribution in [1.29, 1.82) is 0 Å². The van der Waals surface area contributed by atoms with Gasteiger partial charge in [0.05, 0.1) is 0 Å². The quantitative estimate of drug-likeness (QED) is 0.846. The molecule has 0 aliphatic carbocycles. The van der Waals surface area contributed by atoms with Crippen molar-refractivity contribution in [1.82, 2.24) is 0 Å². The molecule has 0 radical (unpaired) electrons. The lowest BCUT2D eigenvalue weighted by Gasteiger charge is -2.17. The molecule has 7 heteroatoms. The summed E-state index contributed by atoms with van der Waals surface area (Å²) in [6, 6.07) is 8.35. The summed E-state index contributed by atoms with van der Waals surface area (Å²) in [6.07, 6.45) is -6.40. The lowest BCUT2D eigenvalue weighted by atomic mass is 10.0. The molecule has 1 atom stereocenters. The molecule has 0 spiro atoms. The highest BCUT2D eigenvalue weighted by molar-refractivity contribution is 6.30. The van der Waals surface area contributed by atoms with Gasteiger partial charge in [0.15, 0.2) is 0 Å². The summed E-state index contributed by atoms with van der Waals surface area (Å²) in [5, 5.41) is 10.2. The number of benzene rings is 2. The van der Waals surface area contributed by atoms with Crippen LogP contribution < -0.4 is 4.74 Å². The number of hydrogen-bond donors (Lipinski definition) is 1. The number of rotatable bonds is 3. The van der Waals surface area contributed by atoms with E-state index < -0.39 is 24.0 Å². The SMILES string of the molecule is OC(c1cc(F)cc(Cl)c1)c1ccccc1OC(F)(F)F. The summed E-state index contributed by atoms with van der Waals surface area (Å²) in [5.74, 6) is -1.26. The first-order chi connectivity index (χ1) is 9.76. The van der Waals surface area contributed by atoms with Crippen molar-refractivity contribution in [3.05, 3.63) is 64.4 Å². The maximum Gasteiger partial charge on any atom is 0.573 e. The van der Waals surface area contributed by atoms with E-state index in [2.05, 4.69) is 4.74 Å². The lowest BCUT2D eigenvalue weighted by Crippen LogP contribution is -2.18. The van der Waals surface area contributed by atoms with Gasteiger partial charge < -0.3 is 9.84 Å². The molecule has 112 valence electrons. The minimum Gasteiger partial charge on any atom is -0.405 e. The zero-order valence-corrected chi connectivity index (χ0v) is 11.1. The molecule has 1 N–H and O–H groups in total. The fourth-order valence-corrected chi connectivity index (χ4v) is 2.07. The fraction of sp³-hybridized carbons (Fsp3) is 0.143. The standard InChI is InChI=1S/C14H9ClF4O2/c15-9-5-8(6-10(16)7-9)13(20)11-3-1-2-4-12(11)21-14(17,18)19/h1-7,13,20H. The Kier molecular flexibility index (Phi) is 4.39. The van der Waals surface area contributed by atoms with E-state index in [1.807, 2.05) is 0 Å². The molecule has 0 heterocycles. The van der Waals surface area contributed by atoms with Gasteiger partial charge in [0.2, 0.25) is 0 Å². The summed E-state index contributed by atoms with van der Waals surface area (Å²) in [6.45, 7) is 0. The predicted octanol–water partition coefficient (Wildman–Crippen LogP) is 4.46. The van der Waals surface area contributed by atoms with E-state index >= 15 is 0 Å². The van der Waals surface area contributed by atoms with E-state index in [0.29, 0.717) is 0 Å². The molecule has 0 aliphatic heterocycles. The molecule has 2 nitrogen and oxygen atoms in total. The Bertz CT molecular complexity index is 623. The first-order valence-electron chi connectivity index (χ1n) is 5.75. The second-order valence-corrected chi connectivity index (χ2v) is 4.63. The summed E-state index contributed by atoms with van der Waals surface area (Å²) in [4.78, 5) is 0. The van der Waals surface area contributed by atoms with E-state index in [4.69, 9.17) is 11.6 Å². The summed E-state index contributed by atoms with van der Waals surface area (Å²) >= 11 is 5.67. The third-order valence-electron chi connectivity index (χ3n) is 2.64. The van der Waals surface area contributed by atoms with Crippen LogP contribution in [0.25, 0.3) is 0 Å². The van der Waals surface area contributed by atoms with E-state index in [1.54, 1.807) is 0 Å². The topological polar surface area (TPSA) is 29.5 Å². The van der Waals surface area contributed by atoms with Gasteiger partial charge in [-0.2, -0.15) is 0 Å². The zero-order valence-electron chi connectivity index (χ0n) is 10.4. The van der Waals surface area contributed by atoms with Gasteiger partial charge in [0, 0.05) is 10.6 Å². The Labute approximate surface area is 122 Å². The molecular weight excluding hydrogens is 312 g/mol. The summed E-state index contributed by atoms with van der Waals surface area (Å²) < 4.78 is 54.1. The van der Waals surface area contributed by atoms with Gasteiger partial charge in [-0.15, -0.1) is 13.2 Å². The number of aliphatic hydroxyl groups excluding tert-OH is 1. The van der Waals surface area contributed by atoms with Crippen LogP contribution in [0.3, 0.4) is 0 Å². The highest BCUT2D eigenvalue weighted by atomic mass is 35.5. The van der Waals surface area contributed by atoms with Crippen LogP contribution in [0.5, 0.6) is 5.75 Å². The monoisotopic (exact) mass is 320 g/mol. The van der Waals surface area contributed by atoms with Crippen LogP contribution >= 0.6 is 11.6 Å². The van der Waals surface area contributed by atoms with Crippen LogP contribution in [-0.2, 0) is 0 Å². The Balaban J connectivity index is 2.41. The van der Waals surface area contributed by atoms with Gasteiger partial charge >= 0.3 is 6.36 Å². The van der Waals surface area contributed by atoms with Crippen molar-refractivity contribution < 1.29 is 27.4 Å². The minimum absolute atomic E-state index is 0.0261. The number of para-hydroxylation sites is 1. The molecule has 0 amide bonds. The summed E-state index contributed by atoms with van der Waals surface area (Å²) in [7, 11) is 0. The first kappa shape index (κ1) is 15.6. The van der Waals surface area contributed by atoms with E-state index in [9.17, 15) is 22.7 Å². The molecule has 1 unspecified atom stereocenters. The molecule has 0 aromatic heterocycles. The van der Waals surface area contributed by atoms with E-state index in [1.165, 1.54) is 24.3 Å². The van der Waals surface area contributed by atoms with Gasteiger partial charge in [-0.25, -0.2) is 4.39 Å². The average molecular weight is 321 g/mol. The van der Waals surface area contributed by atoms with Crippen molar-refractivity contribution in [3.8, 4) is 5.75 Å². The van der Waals surface area contributed by atoms with Crippen molar-refractivity contribution in [2.24, 2.45) is 0 Å². The Hall–Kier alpha value is -1.79. The van der Waals surface area contributed by atoms with Crippen molar-refractivity contribution in [3.63, 3.8) is 0 Å². The molecule has 2 aromatic rings. The summed E-state index contributed by atoms with van der Waals surface area (Å²) in [5.41, 5.74) is -0.116. The van der Waals surface area contributed by atoms with Crippen LogP contribution in [0, 0.1) is 5.82 Å². The largest absolute Gasteiger partial charge is 0.573 e. The second kappa shape index (κ2) is 5.91. The Morgan fingerprint density at radius 1 is 1.10 bits per heavy atom. The maximum atomic E-state index is 13.3. The number of alkyl halides is 3. The number of aliphatic hydroxyl groups is 1. The third-order valence-corrected chi connectivity index (χ3v) is 2.86. The predicted molar refractivity (Wildman–Crippen MR) is 68.6 cm³/mol. The van der Waals surface area contributed by atoms with Gasteiger partial charge in [-0.05, 0) is 29.8 Å². The average Bonchev–Trinajstić information content (AvgIpc) is 2.35. The van der Waals surface area contributed by atoms with Crippen LogP contribution in [0.2, 0.25) is 5.02 Å². The van der Waals surface area contributed by atoms with Crippen LogP contribution in [0.15, 0.2) is 42.5 Å². The van der Waals surface area contributed by atoms with Gasteiger partial charge in [0.1, 0.15) is 17.7 Å². The molecule has 0 fully saturated rings. The first-order valence-corrected chi connectivity index (χ1v) is 6.13. The lowest BCUT2D eigenvalue weighted by molar-refractivity contribution is -0.275. The van der Waals surface area contributed by atoms with Crippen molar-refractivity contribution in [2.45, 2.75) is 12.5 Å². The second-order valence-electron chi connectivity index (χ2n) is 4.19. The van der Waals surface area contributed by atoms with Gasteiger partial charge in [-0.3, -0.25) is 0 Å². The Morgan fingerprint density at radius 2 is 1.76 bits per heavy atom. The highest BCUT2D eigenvalue weighted by Crippen LogP contribution is 2.34. The van der Waals surface area contributed by atoms with Gasteiger partial charge in [-0.1, -0.05) is 29.8 Å². The smallest absolute Gasteiger partial charge is 0.405 e. The molecule has 0 saturated carbocycles. The number of halogens is 5. The molecule has 2 rings (SSSR count). The highest BCUT2D eigenvalue weighted by Gasteiger charge is 2.33. The number of hydrogen-bond acceptors (Lipinski definition) is 2. The van der Waals surface area contributed by atoms with Crippen molar-refractivity contribution in [2.75, 3.05) is 0 Å². The molecule has 21 heavy (non-hydrogen) atoms. The molecule has 0 bridgehead atoms. The van der Waals surface area contributed by atoms with Crippen LogP contribution in [-0.4, -0.2) is 11.5 Å². The molecule has 0 aliphatic rings. The molecule has 2 aromatic carbocycles.